The van der Waals surface area contributed by atoms with Gasteiger partial charge in [-0.15, -0.1) is 0 Å². The van der Waals surface area contributed by atoms with Gasteiger partial charge >= 0.3 is 0 Å². The molecule has 0 N–H and O–H groups in total. The molecule has 2 heterocycles. The van der Waals surface area contributed by atoms with Crippen molar-refractivity contribution in [1.82, 2.24) is 0 Å². The van der Waals surface area contributed by atoms with Crippen molar-refractivity contribution in [2.24, 2.45) is 0 Å². The first-order valence-corrected chi connectivity index (χ1v) is 7.24. The lowest BCUT2D eigenvalue weighted by atomic mass is 9.90. The summed E-state index contributed by atoms with van der Waals surface area (Å²) in [6.45, 7) is 1.59. The Morgan fingerprint density at radius 3 is 2.71 bits per heavy atom. The topological polar surface area (TPSA) is 68.6 Å². The van der Waals surface area contributed by atoms with Crippen molar-refractivity contribution >= 4 is 5.78 Å². The second-order valence-electron chi connectivity index (χ2n) is 5.22. The van der Waals surface area contributed by atoms with Crippen molar-refractivity contribution in [1.29, 1.82) is 5.26 Å². The van der Waals surface area contributed by atoms with Crippen LogP contribution >= 0.6 is 0 Å². The molecule has 0 radical (unpaired) electrons. The van der Waals surface area contributed by atoms with E-state index in [-0.39, 0.29) is 5.78 Å². The SMILES string of the molecule is N#CC(C(=O)C1CCCCO1)c1ccc2c(c1)OCCO2. The summed E-state index contributed by atoms with van der Waals surface area (Å²) in [6.07, 6.45) is 2.18. The van der Waals surface area contributed by atoms with E-state index in [0.29, 0.717) is 43.3 Å². The molecule has 2 aliphatic rings. The lowest BCUT2D eigenvalue weighted by Gasteiger charge is -2.24. The van der Waals surface area contributed by atoms with E-state index in [4.69, 9.17) is 14.2 Å². The van der Waals surface area contributed by atoms with Crippen LogP contribution in [0.15, 0.2) is 18.2 Å². The van der Waals surface area contributed by atoms with Gasteiger partial charge in [0.15, 0.2) is 17.3 Å². The fraction of sp³-hybridized carbons (Fsp3) is 0.500. The molecule has 0 bridgehead atoms. The molecule has 2 atom stereocenters. The van der Waals surface area contributed by atoms with Gasteiger partial charge in [-0.2, -0.15) is 5.26 Å². The fourth-order valence-corrected chi connectivity index (χ4v) is 2.69. The van der Waals surface area contributed by atoms with Gasteiger partial charge in [0.25, 0.3) is 0 Å². The van der Waals surface area contributed by atoms with Crippen LogP contribution in [-0.2, 0) is 9.53 Å². The minimum absolute atomic E-state index is 0.158. The van der Waals surface area contributed by atoms with E-state index in [1.54, 1.807) is 18.2 Å². The molecule has 1 aromatic rings. The molecule has 0 aromatic heterocycles. The molecule has 2 aliphatic heterocycles. The smallest absolute Gasteiger partial charge is 0.183 e. The molecule has 2 unspecified atom stereocenters. The van der Waals surface area contributed by atoms with Gasteiger partial charge in [-0.3, -0.25) is 4.79 Å². The van der Waals surface area contributed by atoms with E-state index in [9.17, 15) is 10.1 Å². The summed E-state index contributed by atoms with van der Waals surface area (Å²) in [5.41, 5.74) is 0.640. The third-order valence-electron chi connectivity index (χ3n) is 3.81. The van der Waals surface area contributed by atoms with Crippen molar-refractivity contribution in [3.05, 3.63) is 23.8 Å². The van der Waals surface area contributed by atoms with Crippen molar-refractivity contribution in [2.45, 2.75) is 31.3 Å². The lowest BCUT2D eigenvalue weighted by molar-refractivity contribution is -0.133. The van der Waals surface area contributed by atoms with Gasteiger partial charge in [-0.05, 0) is 37.0 Å². The Labute approximate surface area is 123 Å². The van der Waals surface area contributed by atoms with E-state index in [2.05, 4.69) is 6.07 Å². The third kappa shape index (κ3) is 2.86. The molecule has 1 saturated heterocycles. The van der Waals surface area contributed by atoms with Gasteiger partial charge in [-0.25, -0.2) is 0 Å². The maximum atomic E-state index is 12.5. The number of carbonyl (C=O) groups excluding carboxylic acids is 1. The number of hydrogen-bond donors (Lipinski definition) is 0. The van der Waals surface area contributed by atoms with Gasteiger partial charge in [-0.1, -0.05) is 6.07 Å². The van der Waals surface area contributed by atoms with Crippen LogP contribution in [0.5, 0.6) is 11.5 Å². The summed E-state index contributed by atoms with van der Waals surface area (Å²) in [5, 5.41) is 9.39. The summed E-state index contributed by atoms with van der Waals surface area (Å²) in [6, 6.07) is 7.33. The molecular weight excluding hydrogens is 270 g/mol. The van der Waals surface area contributed by atoms with E-state index in [1.807, 2.05) is 0 Å². The molecule has 0 amide bonds. The monoisotopic (exact) mass is 287 g/mol. The number of fused-ring (bicyclic) bond motifs is 1. The Morgan fingerprint density at radius 2 is 2.00 bits per heavy atom. The number of ether oxygens (including phenoxy) is 3. The first kappa shape index (κ1) is 13.9. The van der Waals surface area contributed by atoms with Gasteiger partial charge < -0.3 is 14.2 Å². The highest BCUT2D eigenvalue weighted by Gasteiger charge is 2.31. The third-order valence-corrected chi connectivity index (χ3v) is 3.81. The average Bonchev–Trinajstić information content (AvgIpc) is 2.56. The summed E-state index contributed by atoms with van der Waals surface area (Å²) in [4.78, 5) is 12.5. The Bertz CT molecular complexity index is 572. The number of benzene rings is 1. The standard InChI is InChI=1S/C16H17NO4/c17-10-12(16(18)14-3-1-2-6-19-14)11-4-5-13-15(9-11)21-8-7-20-13/h4-5,9,12,14H,1-3,6-8H2. The second-order valence-corrected chi connectivity index (χ2v) is 5.22. The first-order chi connectivity index (χ1) is 10.3. The number of nitriles is 1. The van der Waals surface area contributed by atoms with Crippen LogP contribution in [-0.4, -0.2) is 31.7 Å². The average molecular weight is 287 g/mol. The van der Waals surface area contributed by atoms with Crippen LogP contribution in [0.1, 0.15) is 30.7 Å². The van der Waals surface area contributed by atoms with E-state index < -0.39 is 12.0 Å². The van der Waals surface area contributed by atoms with Crippen LogP contribution < -0.4 is 9.47 Å². The lowest BCUT2D eigenvalue weighted by Crippen LogP contribution is -2.32. The first-order valence-electron chi connectivity index (χ1n) is 7.24. The number of nitrogens with zero attached hydrogens (tertiary/aromatic N) is 1. The Balaban J connectivity index is 1.82. The Morgan fingerprint density at radius 1 is 1.19 bits per heavy atom. The minimum atomic E-state index is -0.816. The highest BCUT2D eigenvalue weighted by molar-refractivity contribution is 5.92. The molecular formula is C16H17NO4. The van der Waals surface area contributed by atoms with Crippen molar-refractivity contribution in [2.75, 3.05) is 19.8 Å². The molecule has 0 spiro atoms. The van der Waals surface area contributed by atoms with Gasteiger partial charge in [0.1, 0.15) is 25.2 Å². The number of carbonyl (C=O) groups is 1. The number of rotatable bonds is 3. The molecule has 5 heteroatoms. The van der Waals surface area contributed by atoms with Crippen LogP contribution in [0.2, 0.25) is 0 Å². The van der Waals surface area contributed by atoms with Crippen LogP contribution in [0.25, 0.3) is 0 Å². The van der Waals surface area contributed by atoms with Crippen LogP contribution in [0.3, 0.4) is 0 Å². The van der Waals surface area contributed by atoms with Crippen molar-refractivity contribution in [3.63, 3.8) is 0 Å². The molecule has 21 heavy (non-hydrogen) atoms. The molecule has 0 saturated carbocycles. The Kier molecular flexibility index (Phi) is 4.07. The summed E-state index contributed by atoms with van der Waals surface area (Å²) >= 11 is 0. The molecule has 1 aromatic carbocycles. The number of ketones is 1. The molecule has 3 rings (SSSR count). The molecule has 1 fully saturated rings. The van der Waals surface area contributed by atoms with Gasteiger partial charge in [0.2, 0.25) is 0 Å². The zero-order chi connectivity index (χ0) is 14.7. The molecule has 110 valence electrons. The molecule has 5 nitrogen and oxygen atoms in total. The number of hydrogen-bond acceptors (Lipinski definition) is 5. The second kappa shape index (κ2) is 6.15. The maximum absolute atomic E-state index is 12.5. The quantitative estimate of drug-likeness (QED) is 0.852. The maximum Gasteiger partial charge on any atom is 0.183 e. The van der Waals surface area contributed by atoms with Crippen LogP contribution in [0, 0.1) is 11.3 Å². The van der Waals surface area contributed by atoms with Crippen LogP contribution in [0.4, 0.5) is 0 Å². The zero-order valence-electron chi connectivity index (χ0n) is 11.7. The van der Waals surface area contributed by atoms with Crippen molar-refractivity contribution in [3.8, 4) is 17.6 Å². The van der Waals surface area contributed by atoms with E-state index in [1.165, 1.54) is 0 Å². The normalized spacial score (nSPS) is 22.1. The van der Waals surface area contributed by atoms with Gasteiger partial charge in [0, 0.05) is 6.61 Å². The Hall–Kier alpha value is -2.06. The van der Waals surface area contributed by atoms with Gasteiger partial charge in [0.05, 0.1) is 6.07 Å². The minimum Gasteiger partial charge on any atom is -0.486 e. The predicted molar refractivity (Wildman–Crippen MR) is 74.4 cm³/mol. The predicted octanol–water partition coefficient (Wildman–Crippen LogP) is 2.20. The summed E-state index contributed by atoms with van der Waals surface area (Å²) < 4.78 is 16.5. The summed E-state index contributed by atoms with van der Waals surface area (Å²) in [7, 11) is 0. The number of Topliss-reactive ketones (excluding diaryl/α,β-unsaturated/α-hetero) is 1. The highest BCUT2D eigenvalue weighted by atomic mass is 16.6. The summed E-state index contributed by atoms with van der Waals surface area (Å²) in [5.74, 6) is 0.275. The zero-order valence-corrected chi connectivity index (χ0v) is 11.7. The fourth-order valence-electron chi connectivity index (χ4n) is 2.69. The van der Waals surface area contributed by atoms with E-state index in [0.717, 1.165) is 12.8 Å². The van der Waals surface area contributed by atoms with E-state index >= 15 is 0 Å². The molecule has 0 aliphatic carbocycles. The van der Waals surface area contributed by atoms with Crippen molar-refractivity contribution < 1.29 is 19.0 Å². The highest BCUT2D eigenvalue weighted by Crippen LogP contribution is 2.34. The largest absolute Gasteiger partial charge is 0.486 e.